The first-order chi connectivity index (χ1) is 12.3. The molecule has 1 fully saturated rings. The minimum atomic E-state index is -3.73. The van der Waals surface area contributed by atoms with Crippen LogP contribution in [0.1, 0.15) is 15.9 Å². The van der Waals surface area contributed by atoms with Crippen LogP contribution >= 0.6 is 0 Å². The number of carbonyl (C=O) groups is 1. The number of piperazine rings is 1. The van der Waals surface area contributed by atoms with Gasteiger partial charge in [0, 0.05) is 26.2 Å². The van der Waals surface area contributed by atoms with Gasteiger partial charge in [-0.05, 0) is 43.3 Å². The Morgan fingerprint density at radius 1 is 1.04 bits per heavy atom. The first kappa shape index (κ1) is 18.3. The van der Waals surface area contributed by atoms with Gasteiger partial charge in [-0.3, -0.25) is 4.79 Å². The highest BCUT2D eigenvalue weighted by Gasteiger charge is 2.31. The van der Waals surface area contributed by atoms with Gasteiger partial charge in [0.2, 0.25) is 10.0 Å². The fourth-order valence-corrected chi connectivity index (χ4v) is 4.30. The van der Waals surface area contributed by atoms with Crippen molar-refractivity contribution >= 4 is 15.9 Å². The van der Waals surface area contributed by atoms with E-state index in [1.165, 1.54) is 27.4 Å². The van der Waals surface area contributed by atoms with Crippen molar-refractivity contribution in [1.82, 2.24) is 9.21 Å². The molecule has 0 aromatic heterocycles. The third-order valence-corrected chi connectivity index (χ3v) is 6.27. The smallest absolute Gasteiger partial charge is 0.257 e. The van der Waals surface area contributed by atoms with Crippen LogP contribution in [0.25, 0.3) is 0 Å². The van der Waals surface area contributed by atoms with Crippen LogP contribution in [-0.2, 0) is 10.0 Å². The highest BCUT2D eigenvalue weighted by atomic mass is 32.2. The number of hydrogen-bond donors (Lipinski definition) is 1. The van der Waals surface area contributed by atoms with Crippen LogP contribution in [0.3, 0.4) is 0 Å². The molecule has 0 bridgehead atoms. The van der Waals surface area contributed by atoms with Crippen LogP contribution in [0.2, 0.25) is 0 Å². The van der Waals surface area contributed by atoms with Crippen molar-refractivity contribution in [2.45, 2.75) is 11.8 Å². The zero-order valence-electron chi connectivity index (χ0n) is 14.2. The normalized spacial score (nSPS) is 15.8. The number of benzene rings is 2. The van der Waals surface area contributed by atoms with Crippen molar-refractivity contribution in [2.24, 2.45) is 0 Å². The zero-order valence-corrected chi connectivity index (χ0v) is 15.0. The van der Waals surface area contributed by atoms with Gasteiger partial charge in [0.05, 0.1) is 10.5 Å². The number of nitrogens with zero attached hydrogens (tertiary/aromatic N) is 2. The van der Waals surface area contributed by atoms with Gasteiger partial charge in [0.1, 0.15) is 11.6 Å². The van der Waals surface area contributed by atoms with E-state index in [-0.39, 0.29) is 48.3 Å². The van der Waals surface area contributed by atoms with Crippen LogP contribution in [-0.4, -0.2) is 54.8 Å². The van der Waals surface area contributed by atoms with E-state index in [2.05, 4.69) is 0 Å². The third-order valence-electron chi connectivity index (χ3n) is 4.36. The molecule has 0 radical (unpaired) electrons. The summed E-state index contributed by atoms with van der Waals surface area (Å²) in [5.41, 5.74) is 1.06. The fraction of sp³-hybridized carbons (Fsp3) is 0.278. The molecule has 1 N–H and O–H groups in total. The van der Waals surface area contributed by atoms with Crippen LogP contribution in [0.4, 0.5) is 4.39 Å². The summed E-state index contributed by atoms with van der Waals surface area (Å²) in [5, 5.41) is 9.90. The predicted molar refractivity (Wildman–Crippen MR) is 93.9 cm³/mol. The number of carbonyl (C=O) groups excluding carboxylic acids is 1. The molecule has 1 amide bonds. The van der Waals surface area contributed by atoms with E-state index in [0.717, 1.165) is 17.7 Å². The van der Waals surface area contributed by atoms with Gasteiger partial charge in [-0.2, -0.15) is 4.31 Å². The van der Waals surface area contributed by atoms with Crippen LogP contribution in [0, 0.1) is 12.7 Å². The molecule has 0 unspecified atom stereocenters. The summed E-state index contributed by atoms with van der Waals surface area (Å²) in [6.07, 6.45) is 0. The number of aromatic hydroxyl groups is 1. The molecule has 0 spiro atoms. The highest BCUT2D eigenvalue weighted by molar-refractivity contribution is 7.89. The lowest BCUT2D eigenvalue weighted by Gasteiger charge is -2.34. The Labute approximate surface area is 151 Å². The summed E-state index contributed by atoms with van der Waals surface area (Å²) >= 11 is 0. The molecule has 0 saturated carbocycles. The third kappa shape index (κ3) is 3.56. The monoisotopic (exact) mass is 378 g/mol. The molecule has 1 aliphatic heterocycles. The Bertz CT molecular complexity index is 921. The van der Waals surface area contributed by atoms with Crippen LogP contribution in [0.15, 0.2) is 47.4 Å². The second-order valence-electron chi connectivity index (χ2n) is 6.17. The summed E-state index contributed by atoms with van der Waals surface area (Å²) < 4.78 is 39.5. The van der Waals surface area contributed by atoms with Crippen molar-refractivity contribution in [3.63, 3.8) is 0 Å². The van der Waals surface area contributed by atoms with Gasteiger partial charge < -0.3 is 10.0 Å². The first-order valence-electron chi connectivity index (χ1n) is 8.13. The SMILES string of the molecule is Cc1ccc(O)c(C(=O)N2CCN(S(=O)(=O)c3ccc(F)cc3)CC2)c1. The van der Waals surface area contributed by atoms with Gasteiger partial charge in [-0.25, -0.2) is 12.8 Å². The molecule has 0 aliphatic carbocycles. The molecule has 2 aromatic rings. The lowest BCUT2D eigenvalue weighted by molar-refractivity contribution is 0.0694. The van der Waals surface area contributed by atoms with Gasteiger partial charge >= 0.3 is 0 Å². The first-order valence-corrected chi connectivity index (χ1v) is 9.57. The van der Waals surface area contributed by atoms with Gasteiger partial charge in [0.15, 0.2) is 0 Å². The number of phenols is 1. The number of sulfonamides is 1. The Morgan fingerprint density at radius 3 is 2.27 bits per heavy atom. The number of amides is 1. The molecule has 26 heavy (non-hydrogen) atoms. The molecule has 1 saturated heterocycles. The van der Waals surface area contributed by atoms with Crippen LogP contribution in [0.5, 0.6) is 5.75 Å². The Hall–Kier alpha value is -2.45. The molecule has 6 nitrogen and oxygen atoms in total. The zero-order chi connectivity index (χ0) is 18.9. The van der Waals surface area contributed by atoms with E-state index in [1.54, 1.807) is 12.1 Å². The minimum Gasteiger partial charge on any atom is -0.507 e. The topological polar surface area (TPSA) is 77.9 Å². The van der Waals surface area contributed by atoms with Gasteiger partial charge in [-0.1, -0.05) is 11.6 Å². The van der Waals surface area contributed by atoms with Crippen molar-refractivity contribution in [3.05, 3.63) is 59.4 Å². The Morgan fingerprint density at radius 2 is 1.65 bits per heavy atom. The number of phenolic OH excluding ortho intramolecular Hbond substituents is 1. The highest BCUT2D eigenvalue weighted by Crippen LogP contribution is 2.22. The summed E-state index contributed by atoms with van der Waals surface area (Å²) in [4.78, 5) is 14.1. The van der Waals surface area contributed by atoms with Crippen molar-refractivity contribution in [3.8, 4) is 5.75 Å². The van der Waals surface area contributed by atoms with Crippen molar-refractivity contribution < 1.29 is 22.7 Å². The number of aryl methyl sites for hydroxylation is 1. The molecular formula is C18H19FN2O4S. The number of rotatable bonds is 3. The molecule has 138 valence electrons. The number of halogens is 1. The van der Waals surface area contributed by atoms with E-state index in [4.69, 9.17) is 0 Å². The van der Waals surface area contributed by atoms with E-state index < -0.39 is 15.8 Å². The van der Waals surface area contributed by atoms with Gasteiger partial charge in [0.25, 0.3) is 5.91 Å². The van der Waals surface area contributed by atoms with E-state index in [1.807, 2.05) is 6.92 Å². The second kappa shape index (κ2) is 7.05. The minimum absolute atomic E-state index is 0.0232. The quantitative estimate of drug-likeness (QED) is 0.886. The maximum atomic E-state index is 13.0. The second-order valence-corrected chi connectivity index (χ2v) is 8.11. The largest absolute Gasteiger partial charge is 0.507 e. The number of hydrogen-bond acceptors (Lipinski definition) is 4. The molecule has 0 atom stereocenters. The predicted octanol–water partition coefficient (Wildman–Crippen LogP) is 1.99. The average Bonchev–Trinajstić information content (AvgIpc) is 2.63. The lowest BCUT2D eigenvalue weighted by Crippen LogP contribution is -2.50. The maximum Gasteiger partial charge on any atom is 0.257 e. The molecule has 1 heterocycles. The summed E-state index contributed by atoms with van der Waals surface area (Å²) in [6, 6.07) is 9.46. The molecule has 2 aromatic carbocycles. The Kier molecular flexibility index (Phi) is 4.97. The summed E-state index contributed by atoms with van der Waals surface area (Å²) in [6.45, 7) is 2.53. The van der Waals surface area contributed by atoms with E-state index in [0.29, 0.717) is 0 Å². The van der Waals surface area contributed by atoms with E-state index in [9.17, 15) is 22.7 Å². The molecule has 1 aliphatic rings. The van der Waals surface area contributed by atoms with Gasteiger partial charge in [-0.15, -0.1) is 0 Å². The molecular weight excluding hydrogens is 359 g/mol. The fourth-order valence-electron chi connectivity index (χ4n) is 2.88. The summed E-state index contributed by atoms with van der Waals surface area (Å²) in [7, 11) is -3.73. The van der Waals surface area contributed by atoms with E-state index >= 15 is 0 Å². The van der Waals surface area contributed by atoms with Crippen molar-refractivity contribution in [1.29, 1.82) is 0 Å². The lowest BCUT2D eigenvalue weighted by atomic mass is 10.1. The maximum absolute atomic E-state index is 13.0. The average molecular weight is 378 g/mol. The molecule has 3 rings (SSSR count). The summed E-state index contributed by atoms with van der Waals surface area (Å²) in [5.74, 6) is -0.927. The Balaban J connectivity index is 1.71. The molecule has 8 heteroatoms. The standard InChI is InChI=1S/C18H19FN2O4S/c1-13-2-7-17(22)16(12-13)18(23)20-8-10-21(11-9-20)26(24,25)15-5-3-14(19)4-6-15/h2-7,12,22H,8-11H2,1H3. The van der Waals surface area contributed by atoms with Crippen LogP contribution < -0.4 is 0 Å². The van der Waals surface area contributed by atoms with Crippen molar-refractivity contribution in [2.75, 3.05) is 26.2 Å².